The van der Waals surface area contributed by atoms with Crippen LogP contribution in [-0.4, -0.2) is 31.2 Å². The van der Waals surface area contributed by atoms with E-state index in [-0.39, 0.29) is 5.54 Å². The summed E-state index contributed by atoms with van der Waals surface area (Å²) in [5.74, 6) is -0.416. The molecule has 0 radical (unpaired) electrons. The maximum atomic E-state index is 11.1. The van der Waals surface area contributed by atoms with Crippen LogP contribution in [0.25, 0.3) is 11.1 Å². The molecule has 0 unspecified atom stereocenters. The molecule has 0 aliphatic rings. The third-order valence-corrected chi connectivity index (χ3v) is 3.15. The quantitative estimate of drug-likeness (QED) is 0.863. The van der Waals surface area contributed by atoms with Gasteiger partial charge in [0.15, 0.2) is 5.58 Å². The number of likely N-dealkylation sites (N-methyl/N-ethyl adjacent to an activating group) is 2. The van der Waals surface area contributed by atoms with Crippen LogP contribution in [0, 0.1) is 0 Å². The lowest BCUT2D eigenvalue weighted by Crippen LogP contribution is -2.46. The molecule has 0 fully saturated rings. The molecule has 0 bridgehead atoms. The number of fused-ring (bicyclic) bond motifs is 1. The highest BCUT2D eigenvalue weighted by Gasteiger charge is 2.17. The Hall–Kier alpha value is -1.75. The number of benzene rings is 1. The summed E-state index contributed by atoms with van der Waals surface area (Å²) in [6.45, 7) is 5.14. The van der Waals surface area contributed by atoms with E-state index < -0.39 is 5.76 Å². The van der Waals surface area contributed by atoms with E-state index >= 15 is 0 Å². The lowest BCUT2D eigenvalue weighted by atomic mass is 10.1. The van der Waals surface area contributed by atoms with E-state index in [0.29, 0.717) is 5.58 Å². The van der Waals surface area contributed by atoms with Crippen LogP contribution in [0.5, 0.6) is 0 Å². The molecule has 2 aromatic rings. The van der Waals surface area contributed by atoms with Crippen LogP contribution < -0.4 is 16.0 Å². The van der Waals surface area contributed by atoms with Crippen molar-refractivity contribution in [3.8, 4) is 0 Å². The number of rotatable bonds is 4. The first-order chi connectivity index (χ1) is 8.41. The lowest BCUT2D eigenvalue weighted by molar-refractivity contribution is 0.428. The molecule has 0 saturated heterocycles. The predicted molar refractivity (Wildman–Crippen MR) is 73.2 cm³/mol. The highest BCUT2D eigenvalue weighted by molar-refractivity contribution is 5.77. The Morgan fingerprint density at radius 1 is 1.44 bits per heavy atom. The first-order valence-electron chi connectivity index (χ1n) is 5.94. The molecule has 1 aromatic heterocycles. The Morgan fingerprint density at radius 3 is 2.83 bits per heavy atom. The SMILES string of the molecule is CNC(C)(C)CN(C)c1ccc2oc(=O)[nH]c2c1. The van der Waals surface area contributed by atoms with Crippen molar-refractivity contribution < 1.29 is 4.42 Å². The van der Waals surface area contributed by atoms with E-state index in [9.17, 15) is 4.79 Å². The zero-order chi connectivity index (χ0) is 13.3. The number of hydrogen-bond acceptors (Lipinski definition) is 4. The largest absolute Gasteiger partial charge is 0.417 e. The number of nitrogens with zero attached hydrogens (tertiary/aromatic N) is 1. The molecular weight excluding hydrogens is 230 g/mol. The Morgan fingerprint density at radius 2 is 2.17 bits per heavy atom. The van der Waals surface area contributed by atoms with Gasteiger partial charge in [0, 0.05) is 24.8 Å². The Kier molecular flexibility index (Phi) is 3.17. The second-order valence-electron chi connectivity index (χ2n) is 5.18. The van der Waals surface area contributed by atoms with Crippen molar-refractivity contribution in [3.05, 3.63) is 28.7 Å². The van der Waals surface area contributed by atoms with Gasteiger partial charge in [-0.1, -0.05) is 0 Å². The zero-order valence-electron chi connectivity index (χ0n) is 11.2. The van der Waals surface area contributed by atoms with Crippen molar-refractivity contribution in [2.75, 3.05) is 25.5 Å². The minimum Gasteiger partial charge on any atom is -0.408 e. The summed E-state index contributed by atoms with van der Waals surface area (Å²) in [7, 11) is 3.98. The van der Waals surface area contributed by atoms with Gasteiger partial charge in [-0.15, -0.1) is 0 Å². The number of aromatic amines is 1. The van der Waals surface area contributed by atoms with Gasteiger partial charge in [-0.3, -0.25) is 4.98 Å². The van der Waals surface area contributed by atoms with Crippen LogP contribution in [0.2, 0.25) is 0 Å². The average molecular weight is 249 g/mol. The van der Waals surface area contributed by atoms with Crippen LogP contribution in [-0.2, 0) is 0 Å². The molecule has 0 aliphatic carbocycles. The predicted octanol–water partition coefficient (Wildman–Crippen LogP) is 1.56. The molecule has 0 aliphatic heterocycles. The smallest absolute Gasteiger partial charge is 0.408 e. The van der Waals surface area contributed by atoms with E-state index in [0.717, 1.165) is 17.7 Å². The van der Waals surface area contributed by atoms with Crippen LogP contribution >= 0.6 is 0 Å². The van der Waals surface area contributed by atoms with E-state index in [4.69, 9.17) is 4.42 Å². The number of hydrogen-bond donors (Lipinski definition) is 2. The van der Waals surface area contributed by atoms with Crippen molar-refractivity contribution in [1.82, 2.24) is 10.3 Å². The number of aromatic nitrogens is 1. The molecule has 0 amide bonds. The Labute approximate surface area is 106 Å². The maximum Gasteiger partial charge on any atom is 0.417 e. The normalized spacial score (nSPS) is 12.0. The molecule has 0 atom stereocenters. The summed E-state index contributed by atoms with van der Waals surface area (Å²) in [6.07, 6.45) is 0. The topological polar surface area (TPSA) is 61.3 Å². The monoisotopic (exact) mass is 249 g/mol. The minimum atomic E-state index is -0.416. The van der Waals surface area contributed by atoms with Crippen molar-refractivity contribution in [1.29, 1.82) is 0 Å². The fourth-order valence-electron chi connectivity index (χ4n) is 1.94. The van der Waals surface area contributed by atoms with Gasteiger partial charge in [-0.2, -0.15) is 0 Å². The van der Waals surface area contributed by atoms with Crippen molar-refractivity contribution in [2.24, 2.45) is 0 Å². The molecule has 98 valence electrons. The fraction of sp³-hybridized carbons (Fsp3) is 0.462. The molecule has 18 heavy (non-hydrogen) atoms. The summed E-state index contributed by atoms with van der Waals surface area (Å²) >= 11 is 0. The van der Waals surface area contributed by atoms with Crippen LogP contribution in [0.3, 0.4) is 0 Å². The van der Waals surface area contributed by atoms with Crippen molar-refractivity contribution in [2.45, 2.75) is 19.4 Å². The van der Waals surface area contributed by atoms with Gasteiger partial charge in [0.2, 0.25) is 0 Å². The first kappa shape index (κ1) is 12.7. The standard InChI is InChI=1S/C13H19N3O2/c1-13(2,14-3)8-16(4)9-5-6-11-10(7-9)15-12(17)18-11/h5-7,14H,8H2,1-4H3,(H,15,17). The fourth-order valence-corrected chi connectivity index (χ4v) is 1.94. The molecule has 0 saturated carbocycles. The van der Waals surface area contributed by atoms with Gasteiger partial charge in [0.25, 0.3) is 0 Å². The molecule has 0 spiro atoms. The average Bonchev–Trinajstić information content (AvgIpc) is 2.67. The first-order valence-corrected chi connectivity index (χ1v) is 5.94. The minimum absolute atomic E-state index is 0.0213. The zero-order valence-corrected chi connectivity index (χ0v) is 11.2. The second-order valence-corrected chi connectivity index (χ2v) is 5.18. The number of oxazole rings is 1. The maximum absolute atomic E-state index is 11.1. The van der Waals surface area contributed by atoms with Gasteiger partial charge in [-0.05, 0) is 39.1 Å². The third kappa shape index (κ3) is 2.56. The Balaban J connectivity index is 2.27. The number of anilines is 1. The lowest BCUT2D eigenvalue weighted by Gasteiger charge is -2.31. The van der Waals surface area contributed by atoms with Gasteiger partial charge in [0.1, 0.15) is 0 Å². The molecule has 2 rings (SSSR count). The Bertz CT molecular complexity index is 598. The molecule has 5 heteroatoms. The second kappa shape index (κ2) is 4.49. The van der Waals surface area contributed by atoms with Crippen LogP contribution in [0.15, 0.2) is 27.4 Å². The third-order valence-electron chi connectivity index (χ3n) is 3.15. The molecule has 1 heterocycles. The number of nitrogens with one attached hydrogen (secondary N) is 2. The van der Waals surface area contributed by atoms with Gasteiger partial charge in [0.05, 0.1) is 5.52 Å². The van der Waals surface area contributed by atoms with Crippen molar-refractivity contribution in [3.63, 3.8) is 0 Å². The van der Waals surface area contributed by atoms with Gasteiger partial charge < -0.3 is 14.6 Å². The highest BCUT2D eigenvalue weighted by atomic mass is 16.4. The van der Waals surface area contributed by atoms with E-state index in [1.54, 1.807) is 0 Å². The van der Waals surface area contributed by atoms with E-state index in [2.05, 4.69) is 29.0 Å². The van der Waals surface area contributed by atoms with Crippen LogP contribution in [0.4, 0.5) is 5.69 Å². The molecule has 5 nitrogen and oxygen atoms in total. The van der Waals surface area contributed by atoms with Gasteiger partial charge >= 0.3 is 5.76 Å². The summed E-state index contributed by atoms with van der Waals surface area (Å²) in [5.41, 5.74) is 2.38. The number of H-pyrrole nitrogens is 1. The van der Waals surface area contributed by atoms with E-state index in [1.165, 1.54) is 0 Å². The molecule has 1 aromatic carbocycles. The molecule has 2 N–H and O–H groups in total. The molecular formula is C13H19N3O2. The highest BCUT2D eigenvalue weighted by Crippen LogP contribution is 2.20. The van der Waals surface area contributed by atoms with Gasteiger partial charge in [-0.25, -0.2) is 4.79 Å². The van der Waals surface area contributed by atoms with Crippen molar-refractivity contribution >= 4 is 16.8 Å². The summed E-state index contributed by atoms with van der Waals surface area (Å²) < 4.78 is 4.98. The summed E-state index contributed by atoms with van der Waals surface area (Å²) in [5, 5.41) is 3.27. The van der Waals surface area contributed by atoms with E-state index in [1.807, 2.05) is 32.3 Å². The summed E-state index contributed by atoms with van der Waals surface area (Å²) in [6, 6.07) is 5.68. The summed E-state index contributed by atoms with van der Waals surface area (Å²) in [4.78, 5) is 15.9. The van der Waals surface area contributed by atoms with Crippen LogP contribution in [0.1, 0.15) is 13.8 Å².